The molecule has 0 aliphatic heterocycles. The Hall–Kier alpha value is 0.0500. The van der Waals surface area contributed by atoms with Gasteiger partial charge in [-0.05, 0) is 6.08 Å². The summed E-state index contributed by atoms with van der Waals surface area (Å²) in [7, 11) is -2.68. The van der Waals surface area contributed by atoms with E-state index in [1.807, 2.05) is 0 Å². The molecule has 0 aromatic rings. The summed E-state index contributed by atoms with van der Waals surface area (Å²) in [6, 6.07) is 0.0543. The van der Waals surface area contributed by atoms with E-state index in [0.717, 1.165) is 5.31 Å². The molecule has 0 bridgehead atoms. The van der Waals surface area contributed by atoms with Crippen molar-refractivity contribution in [1.82, 2.24) is 0 Å². The van der Waals surface area contributed by atoms with Crippen LogP contribution in [0.1, 0.15) is 6.42 Å². The van der Waals surface area contributed by atoms with Crippen LogP contribution in [-0.2, 0) is 0 Å². The van der Waals surface area contributed by atoms with Crippen LogP contribution < -0.4 is 5.73 Å². The second kappa shape index (κ2) is 2.03. The van der Waals surface area contributed by atoms with E-state index in [0.29, 0.717) is 6.42 Å². The van der Waals surface area contributed by atoms with Crippen LogP contribution in [0.4, 0.5) is 0 Å². The van der Waals surface area contributed by atoms with E-state index in [1.165, 1.54) is 6.66 Å². The lowest BCUT2D eigenvalue weighted by atomic mass is 10.1. The van der Waals surface area contributed by atoms with E-state index in [4.69, 9.17) is 15.5 Å². The van der Waals surface area contributed by atoms with Crippen molar-refractivity contribution in [3.05, 3.63) is 11.4 Å². The fraction of sp³-hybridized carbons (Fsp3) is 0.600. The molecule has 0 spiro atoms. The molecule has 4 N–H and O–H groups in total. The fourth-order valence-electron chi connectivity index (χ4n) is 0.769. The normalized spacial score (nSPS) is 27.1. The molecule has 0 unspecified atom stereocenters. The van der Waals surface area contributed by atoms with E-state index in [-0.39, 0.29) is 6.04 Å². The molecule has 0 heterocycles. The topological polar surface area (TPSA) is 66.5 Å². The minimum absolute atomic E-state index is 0.0543. The highest BCUT2D eigenvalue weighted by molar-refractivity contribution is 7.68. The molecule has 0 saturated carbocycles. The SMILES string of the molecule is C[P+](O)(O)C1=C[C@H](N)C1. The third kappa shape index (κ3) is 1.49. The molecule has 52 valence electrons. The van der Waals surface area contributed by atoms with Crippen molar-refractivity contribution in [3.8, 4) is 0 Å². The van der Waals surface area contributed by atoms with Crippen LogP contribution in [0, 0.1) is 0 Å². The molecule has 4 heteroatoms. The van der Waals surface area contributed by atoms with Gasteiger partial charge < -0.3 is 5.73 Å². The van der Waals surface area contributed by atoms with Gasteiger partial charge in [-0.1, -0.05) is 0 Å². The largest absolute Gasteiger partial charge is 0.324 e. The molecule has 0 aromatic heterocycles. The van der Waals surface area contributed by atoms with Gasteiger partial charge in [-0.2, -0.15) is 0 Å². The van der Waals surface area contributed by atoms with Gasteiger partial charge >= 0.3 is 0 Å². The molecule has 0 radical (unpaired) electrons. The van der Waals surface area contributed by atoms with E-state index in [9.17, 15) is 0 Å². The Morgan fingerprint density at radius 3 is 2.33 bits per heavy atom. The van der Waals surface area contributed by atoms with Gasteiger partial charge in [0.25, 0.3) is 7.72 Å². The summed E-state index contributed by atoms with van der Waals surface area (Å²) in [5.74, 6) is 0. The highest BCUT2D eigenvalue weighted by Gasteiger charge is 2.38. The third-order valence-electron chi connectivity index (χ3n) is 1.40. The summed E-state index contributed by atoms with van der Waals surface area (Å²) in [6.45, 7) is 1.45. The molecular formula is C5H11NO2P+. The first kappa shape index (κ1) is 7.16. The Labute approximate surface area is 54.7 Å². The lowest BCUT2D eigenvalue weighted by Crippen LogP contribution is -2.26. The third-order valence-corrected chi connectivity index (χ3v) is 2.82. The van der Waals surface area contributed by atoms with Gasteiger partial charge in [0.1, 0.15) is 12.0 Å². The Morgan fingerprint density at radius 2 is 2.22 bits per heavy atom. The quantitative estimate of drug-likeness (QED) is 0.461. The maximum absolute atomic E-state index is 9.00. The van der Waals surface area contributed by atoms with Crippen LogP contribution in [0.15, 0.2) is 11.4 Å². The van der Waals surface area contributed by atoms with Crippen molar-refractivity contribution >= 4 is 7.72 Å². The first-order chi connectivity index (χ1) is 4.00. The van der Waals surface area contributed by atoms with Crippen molar-refractivity contribution in [2.24, 2.45) is 5.73 Å². The average molecular weight is 148 g/mol. The maximum Gasteiger partial charge on any atom is 0.292 e. The van der Waals surface area contributed by atoms with E-state index < -0.39 is 7.72 Å². The standard InChI is InChI=1S/C5H11NO2P/c1-9(7,8)5-2-4(6)3-5/h2,4,7-8H,3,6H2,1H3/q+1/t4-/m0/s1. The van der Waals surface area contributed by atoms with E-state index in [1.54, 1.807) is 6.08 Å². The molecule has 0 fully saturated rings. The van der Waals surface area contributed by atoms with Crippen LogP contribution in [0.3, 0.4) is 0 Å². The van der Waals surface area contributed by atoms with Gasteiger partial charge in [-0.15, -0.1) is 0 Å². The van der Waals surface area contributed by atoms with Gasteiger partial charge in [0.05, 0.1) is 0 Å². The predicted octanol–water partition coefficient (Wildman–Crippen LogP) is 0.0633. The highest BCUT2D eigenvalue weighted by atomic mass is 31.2. The van der Waals surface area contributed by atoms with Crippen LogP contribution in [0.25, 0.3) is 0 Å². The highest BCUT2D eigenvalue weighted by Crippen LogP contribution is 2.58. The molecule has 9 heavy (non-hydrogen) atoms. The molecule has 0 amide bonds. The average Bonchev–Trinajstić information content (AvgIpc) is 1.55. The van der Waals surface area contributed by atoms with Gasteiger partial charge in [0, 0.05) is 12.5 Å². The van der Waals surface area contributed by atoms with Gasteiger partial charge in [-0.25, -0.2) is 9.79 Å². The van der Waals surface area contributed by atoms with Crippen LogP contribution >= 0.6 is 7.72 Å². The first-order valence-corrected chi connectivity index (χ1v) is 4.93. The van der Waals surface area contributed by atoms with Gasteiger partial charge in [-0.3, -0.25) is 0 Å². The van der Waals surface area contributed by atoms with Crippen molar-refractivity contribution in [1.29, 1.82) is 0 Å². The molecule has 1 atom stereocenters. The Morgan fingerprint density at radius 1 is 1.78 bits per heavy atom. The van der Waals surface area contributed by atoms with Crippen molar-refractivity contribution in [2.75, 3.05) is 6.66 Å². The minimum atomic E-state index is -2.68. The molecule has 1 aliphatic rings. The second-order valence-corrected chi connectivity index (χ2v) is 4.84. The van der Waals surface area contributed by atoms with Crippen LogP contribution in [0.2, 0.25) is 0 Å². The molecule has 0 aromatic carbocycles. The summed E-state index contributed by atoms with van der Waals surface area (Å²) < 4.78 is 0. The second-order valence-electron chi connectivity index (χ2n) is 2.44. The number of hydrogen-bond acceptors (Lipinski definition) is 3. The Bertz CT molecular complexity index is 150. The summed E-state index contributed by atoms with van der Waals surface area (Å²) in [5, 5.41) is 0.731. The van der Waals surface area contributed by atoms with E-state index in [2.05, 4.69) is 0 Å². The predicted molar refractivity (Wildman–Crippen MR) is 38.0 cm³/mol. The van der Waals surface area contributed by atoms with Crippen LogP contribution in [-0.4, -0.2) is 22.5 Å². The zero-order valence-electron chi connectivity index (χ0n) is 5.28. The van der Waals surface area contributed by atoms with E-state index >= 15 is 0 Å². The van der Waals surface area contributed by atoms with Crippen molar-refractivity contribution in [2.45, 2.75) is 12.5 Å². The summed E-state index contributed by atoms with van der Waals surface area (Å²) in [6.07, 6.45) is 2.37. The monoisotopic (exact) mass is 148 g/mol. The number of hydrogen-bond donors (Lipinski definition) is 3. The zero-order valence-corrected chi connectivity index (χ0v) is 6.18. The summed E-state index contributed by atoms with van der Waals surface area (Å²) in [5.41, 5.74) is 5.38. The number of rotatable bonds is 1. The minimum Gasteiger partial charge on any atom is -0.324 e. The number of nitrogens with two attached hydrogens (primary N) is 1. The van der Waals surface area contributed by atoms with Crippen LogP contribution in [0.5, 0.6) is 0 Å². The van der Waals surface area contributed by atoms with Gasteiger partial charge in [0.15, 0.2) is 0 Å². The Balaban J connectivity index is 2.58. The smallest absolute Gasteiger partial charge is 0.292 e. The lowest BCUT2D eigenvalue weighted by molar-refractivity contribution is 0.460. The zero-order chi connectivity index (χ0) is 7.07. The fourth-order valence-corrected chi connectivity index (χ4v) is 1.80. The first-order valence-electron chi connectivity index (χ1n) is 2.79. The molecule has 0 saturated heterocycles. The summed E-state index contributed by atoms with van der Waals surface area (Å²) in [4.78, 5) is 18.0. The van der Waals surface area contributed by atoms with Crippen molar-refractivity contribution < 1.29 is 9.79 Å². The van der Waals surface area contributed by atoms with Crippen molar-refractivity contribution in [3.63, 3.8) is 0 Å². The van der Waals surface area contributed by atoms with Gasteiger partial charge in [0.2, 0.25) is 0 Å². The molecular weight excluding hydrogens is 137 g/mol. The molecule has 1 aliphatic carbocycles. The maximum atomic E-state index is 9.00. The summed E-state index contributed by atoms with van der Waals surface area (Å²) >= 11 is 0. The Kier molecular flexibility index (Phi) is 1.61. The molecule has 3 nitrogen and oxygen atoms in total. The lowest BCUT2D eigenvalue weighted by Gasteiger charge is -2.21. The molecule has 1 rings (SSSR count).